The molecule has 2 aromatic rings. The molecule has 0 atom stereocenters. The summed E-state index contributed by atoms with van der Waals surface area (Å²) >= 11 is 1.65. The van der Waals surface area contributed by atoms with Crippen molar-refractivity contribution in [3.8, 4) is 0 Å². The summed E-state index contributed by atoms with van der Waals surface area (Å²) in [6, 6.07) is 7.70. The van der Waals surface area contributed by atoms with Gasteiger partial charge in [-0.2, -0.15) is 0 Å². The summed E-state index contributed by atoms with van der Waals surface area (Å²) in [5, 5.41) is 5.88. The Bertz CT molecular complexity index is 690. The number of benzene rings is 1. The van der Waals surface area contributed by atoms with Gasteiger partial charge in [0.2, 0.25) is 5.91 Å². The summed E-state index contributed by atoms with van der Waals surface area (Å²) in [6.45, 7) is 4.61. The highest BCUT2D eigenvalue weighted by Crippen LogP contribution is 2.25. The SMILES string of the molecule is CC1(C)C(=O)NCCN1C(=O)c1ccc2sccc2c1. The topological polar surface area (TPSA) is 49.4 Å². The molecule has 0 radical (unpaired) electrons. The molecule has 3 rings (SSSR count). The van der Waals surface area contributed by atoms with Crippen molar-refractivity contribution in [1.29, 1.82) is 0 Å². The van der Waals surface area contributed by atoms with Crippen molar-refractivity contribution < 1.29 is 9.59 Å². The van der Waals surface area contributed by atoms with E-state index in [1.54, 1.807) is 30.1 Å². The minimum Gasteiger partial charge on any atom is -0.352 e. The van der Waals surface area contributed by atoms with Gasteiger partial charge in [-0.15, -0.1) is 11.3 Å². The molecule has 2 heterocycles. The molecule has 0 spiro atoms. The average molecular weight is 288 g/mol. The Morgan fingerprint density at radius 2 is 2.15 bits per heavy atom. The zero-order chi connectivity index (χ0) is 14.3. The third kappa shape index (κ3) is 1.98. The number of nitrogens with zero attached hydrogens (tertiary/aromatic N) is 1. The van der Waals surface area contributed by atoms with Crippen molar-refractivity contribution in [2.24, 2.45) is 0 Å². The van der Waals surface area contributed by atoms with Crippen molar-refractivity contribution in [3.63, 3.8) is 0 Å². The van der Waals surface area contributed by atoms with Gasteiger partial charge in [-0.05, 0) is 48.9 Å². The van der Waals surface area contributed by atoms with Crippen LogP contribution in [0.15, 0.2) is 29.6 Å². The lowest BCUT2D eigenvalue weighted by atomic mass is 9.97. The van der Waals surface area contributed by atoms with Gasteiger partial charge in [-0.1, -0.05) is 0 Å². The second kappa shape index (κ2) is 4.59. The third-order valence-electron chi connectivity index (χ3n) is 3.80. The molecule has 1 aromatic carbocycles. The van der Waals surface area contributed by atoms with Crippen LogP contribution in [0, 0.1) is 0 Å². The van der Waals surface area contributed by atoms with Gasteiger partial charge in [0.05, 0.1) is 0 Å². The molecule has 1 aliphatic heterocycles. The van der Waals surface area contributed by atoms with Crippen LogP contribution in [-0.2, 0) is 4.79 Å². The maximum absolute atomic E-state index is 12.7. The van der Waals surface area contributed by atoms with Crippen LogP contribution in [0.2, 0.25) is 0 Å². The molecule has 1 N–H and O–H groups in total. The fourth-order valence-electron chi connectivity index (χ4n) is 2.51. The van der Waals surface area contributed by atoms with Gasteiger partial charge < -0.3 is 10.2 Å². The Labute approximate surface area is 121 Å². The summed E-state index contributed by atoms with van der Waals surface area (Å²) in [5.41, 5.74) is -0.169. The van der Waals surface area contributed by atoms with E-state index >= 15 is 0 Å². The second-order valence-corrected chi connectivity index (χ2v) is 6.39. The minimum absolute atomic E-state index is 0.0852. The number of fused-ring (bicyclic) bond motifs is 1. The maximum atomic E-state index is 12.7. The number of carbonyl (C=O) groups excluding carboxylic acids is 2. The number of nitrogens with one attached hydrogen (secondary N) is 1. The van der Waals surface area contributed by atoms with E-state index in [1.165, 1.54) is 0 Å². The van der Waals surface area contributed by atoms with Crippen LogP contribution in [0.4, 0.5) is 0 Å². The van der Waals surface area contributed by atoms with Crippen LogP contribution in [0.5, 0.6) is 0 Å². The molecular formula is C15H16N2O2S. The van der Waals surface area contributed by atoms with Crippen molar-refractivity contribution in [2.45, 2.75) is 19.4 Å². The van der Waals surface area contributed by atoms with Gasteiger partial charge in [0.1, 0.15) is 5.54 Å². The van der Waals surface area contributed by atoms with Gasteiger partial charge in [0.25, 0.3) is 5.91 Å². The Morgan fingerprint density at radius 1 is 1.35 bits per heavy atom. The quantitative estimate of drug-likeness (QED) is 0.875. The molecule has 5 heteroatoms. The van der Waals surface area contributed by atoms with E-state index in [4.69, 9.17) is 0 Å². The highest BCUT2D eigenvalue weighted by Gasteiger charge is 2.40. The Morgan fingerprint density at radius 3 is 2.95 bits per heavy atom. The van der Waals surface area contributed by atoms with Crippen molar-refractivity contribution >= 4 is 33.2 Å². The van der Waals surface area contributed by atoms with Crippen LogP contribution in [0.3, 0.4) is 0 Å². The monoisotopic (exact) mass is 288 g/mol. The van der Waals surface area contributed by atoms with Crippen molar-refractivity contribution in [3.05, 3.63) is 35.2 Å². The fourth-order valence-corrected chi connectivity index (χ4v) is 3.28. The predicted octanol–water partition coefficient (Wildman–Crippen LogP) is 2.25. The zero-order valence-corrected chi connectivity index (χ0v) is 12.3. The van der Waals surface area contributed by atoms with Crippen LogP contribution >= 0.6 is 11.3 Å². The van der Waals surface area contributed by atoms with Gasteiger partial charge in [0.15, 0.2) is 0 Å². The molecule has 1 aromatic heterocycles. The number of hydrogen-bond acceptors (Lipinski definition) is 3. The molecule has 20 heavy (non-hydrogen) atoms. The largest absolute Gasteiger partial charge is 0.352 e. The smallest absolute Gasteiger partial charge is 0.254 e. The first-order chi connectivity index (χ1) is 9.50. The number of amides is 2. The highest BCUT2D eigenvalue weighted by atomic mass is 32.1. The van der Waals surface area contributed by atoms with E-state index in [-0.39, 0.29) is 11.8 Å². The first kappa shape index (κ1) is 13.1. The van der Waals surface area contributed by atoms with Crippen molar-refractivity contribution in [2.75, 3.05) is 13.1 Å². The van der Waals surface area contributed by atoms with Gasteiger partial charge in [-0.3, -0.25) is 9.59 Å². The average Bonchev–Trinajstić information content (AvgIpc) is 2.88. The summed E-state index contributed by atoms with van der Waals surface area (Å²) in [7, 11) is 0. The van der Waals surface area contributed by atoms with Crippen LogP contribution in [-0.4, -0.2) is 35.3 Å². The lowest BCUT2D eigenvalue weighted by Crippen LogP contribution is -2.63. The Balaban J connectivity index is 1.96. The molecule has 0 saturated carbocycles. The molecule has 0 bridgehead atoms. The van der Waals surface area contributed by atoms with Gasteiger partial charge in [-0.25, -0.2) is 0 Å². The van der Waals surface area contributed by atoms with Crippen molar-refractivity contribution in [1.82, 2.24) is 10.2 Å². The predicted molar refractivity (Wildman–Crippen MR) is 80.0 cm³/mol. The van der Waals surface area contributed by atoms with Gasteiger partial charge in [0, 0.05) is 23.4 Å². The minimum atomic E-state index is -0.807. The first-order valence-electron chi connectivity index (χ1n) is 6.58. The molecule has 0 unspecified atom stereocenters. The molecule has 2 amide bonds. The molecule has 1 saturated heterocycles. The molecule has 104 valence electrons. The Kier molecular flexibility index (Phi) is 3.01. The molecule has 1 aliphatic rings. The van der Waals surface area contributed by atoms with E-state index in [0.29, 0.717) is 18.7 Å². The zero-order valence-electron chi connectivity index (χ0n) is 11.5. The molecule has 4 nitrogen and oxygen atoms in total. The summed E-state index contributed by atoms with van der Waals surface area (Å²) in [5.74, 6) is -0.188. The van der Waals surface area contributed by atoms with Crippen LogP contribution in [0.25, 0.3) is 10.1 Å². The highest BCUT2D eigenvalue weighted by molar-refractivity contribution is 7.17. The second-order valence-electron chi connectivity index (χ2n) is 5.44. The number of hydrogen-bond donors (Lipinski definition) is 1. The first-order valence-corrected chi connectivity index (χ1v) is 7.45. The normalized spacial score (nSPS) is 18.1. The molecule has 0 aliphatic carbocycles. The summed E-state index contributed by atoms with van der Waals surface area (Å²) in [4.78, 5) is 26.3. The number of piperazine rings is 1. The van der Waals surface area contributed by atoms with Crippen LogP contribution < -0.4 is 5.32 Å². The lowest BCUT2D eigenvalue weighted by Gasteiger charge is -2.41. The number of carbonyl (C=O) groups is 2. The maximum Gasteiger partial charge on any atom is 0.254 e. The lowest BCUT2D eigenvalue weighted by molar-refractivity contribution is -0.133. The standard InChI is InChI=1S/C15H16N2O2S/c1-15(2)14(19)16-6-7-17(15)13(18)11-3-4-12-10(9-11)5-8-20-12/h3-5,8-9H,6-7H2,1-2H3,(H,16,19). The van der Waals surface area contributed by atoms with E-state index in [0.717, 1.165) is 10.1 Å². The van der Waals surface area contributed by atoms with E-state index in [2.05, 4.69) is 5.32 Å². The summed E-state index contributed by atoms with van der Waals surface area (Å²) in [6.07, 6.45) is 0. The summed E-state index contributed by atoms with van der Waals surface area (Å²) < 4.78 is 1.16. The number of thiophene rings is 1. The van der Waals surface area contributed by atoms with E-state index in [1.807, 2.05) is 29.6 Å². The molecule has 1 fully saturated rings. The van der Waals surface area contributed by atoms with E-state index < -0.39 is 5.54 Å². The van der Waals surface area contributed by atoms with Crippen LogP contribution in [0.1, 0.15) is 24.2 Å². The fraction of sp³-hybridized carbons (Fsp3) is 0.333. The van der Waals surface area contributed by atoms with Gasteiger partial charge >= 0.3 is 0 Å². The third-order valence-corrected chi connectivity index (χ3v) is 4.69. The van der Waals surface area contributed by atoms with E-state index in [9.17, 15) is 9.59 Å². The Hall–Kier alpha value is -1.88. The molecular weight excluding hydrogens is 272 g/mol. The number of rotatable bonds is 1.